The van der Waals surface area contributed by atoms with Gasteiger partial charge in [-0.1, -0.05) is 12.1 Å². The molecule has 1 saturated heterocycles. The molecule has 1 fully saturated rings. The van der Waals surface area contributed by atoms with E-state index in [4.69, 9.17) is 9.47 Å². The fraction of sp³-hybridized carbons (Fsp3) is 0.375. The molecule has 1 aliphatic rings. The van der Waals surface area contributed by atoms with E-state index in [0.717, 1.165) is 30.8 Å². The summed E-state index contributed by atoms with van der Waals surface area (Å²) in [6, 6.07) is 7.40. The molecule has 0 saturated carbocycles. The quantitative estimate of drug-likeness (QED) is 0.763. The Kier molecular flexibility index (Phi) is 5.10. The molecule has 1 aromatic carbocycles. The lowest BCUT2D eigenvalue weighted by molar-refractivity contribution is 0.0679. The van der Waals surface area contributed by atoms with E-state index < -0.39 is 0 Å². The molecule has 1 aliphatic heterocycles. The highest BCUT2D eigenvalue weighted by Crippen LogP contribution is 2.16. The van der Waals surface area contributed by atoms with Gasteiger partial charge in [0.25, 0.3) is 0 Å². The summed E-state index contributed by atoms with van der Waals surface area (Å²) >= 11 is 0. The normalized spacial score (nSPS) is 17.0. The highest BCUT2D eigenvalue weighted by atomic mass is 16.5. The van der Waals surface area contributed by atoms with E-state index >= 15 is 0 Å². The topological polar surface area (TPSA) is 88.3 Å². The predicted octanol–water partition coefficient (Wildman–Crippen LogP) is 2.29. The number of aromatic nitrogens is 2. The van der Waals surface area contributed by atoms with Crippen LogP contribution in [0.2, 0.25) is 0 Å². The molecule has 7 heteroatoms. The highest BCUT2D eigenvalue weighted by Gasteiger charge is 2.15. The van der Waals surface area contributed by atoms with E-state index in [0.29, 0.717) is 18.8 Å². The number of rotatable bonds is 6. The predicted molar refractivity (Wildman–Crippen MR) is 85.4 cm³/mol. The van der Waals surface area contributed by atoms with Crippen LogP contribution in [0.3, 0.4) is 0 Å². The molecule has 2 aromatic rings. The molecule has 3 rings (SSSR count). The Labute approximate surface area is 134 Å². The second kappa shape index (κ2) is 7.64. The number of anilines is 1. The van der Waals surface area contributed by atoms with E-state index in [1.54, 1.807) is 12.4 Å². The van der Waals surface area contributed by atoms with Gasteiger partial charge < -0.3 is 20.1 Å². The Morgan fingerprint density at radius 1 is 1.39 bits per heavy atom. The van der Waals surface area contributed by atoms with Crippen molar-refractivity contribution in [3.05, 3.63) is 42.2 Å². The van der Waals surface area contributed by atoms with E-state index in [1.165, 1.54) is 0 Å². The number of urea groups is 1. The monoisotopic (exact) mass is 316 g/mol. The minimum absolute atomic E-state index is 0.211. The average Bonchev–Trinajstić information content (AvgIpc) is 3.25. The molecule has 0 bridgehead atoms. The number of carbonyl (C=O) groups excluding carboxylic acids is 1. The van der Waals surface area contributed by atoms with Gasteiger partial charge in [0.05, 0.1) is 18.0 Å². The number of benzene rings is 1. The lowest BCUT2D eigenvalue weighted by atomic mass is 10.2. The maximum absolute atomic E-state index is 11.7. The van der Waals surface area contributed by atoms with Crippen LogP contribution in [0.25, 0.3) is 0 Å². The van der Waals surface area contributed by atoms with Crippen molar-refractivity contribution in [2.75, 3.05) is 18.5 Å². The molecule has 7 nitrogen and oxygen atoms in total. The summed E-state index contributed by atoms with van der Waals surface area (Å²) in [6.45, 7) is 1.86. The van der Waals surface area contributed by atoms with Crippen LogP contribution in [0.1, 0.15) is 18.4 Å². The minimum Gasteiger partial charge on any atom is -0.491 e. The van der Waals surface area contributed by atoms with Gasteiger partial charge in [0.1, 0.15) is 12.4 Å². The average molecular weight is 316 g/mol. The fourth-order valence-electron chi connectivity index (χ4n) is 2.35. The second-order valence-corrected chi connectivity index (χ2v) is 5.38. The van der Waals surface area contributed by atoms with E-state index in [2.05, 4.69) is 20.8 Å². The van der Waals surface area contributed by atoms with Crippen molar-refractivity contribution in [3.8, 4) is 5.75 Å². The number of H-pyrrole nitrogens is 1. The maximum Gasteiger partial charge on any atom is 0.319 e. The van der Waals surface area contributed by atoms with Crippen LogP contribution >= 0.6 is 0 Å². The summed E-state index contributed by atoms with van der Waals surface area (Å²) in [6.07, 6.45) is 5.54. The van der Waals surface area contributed by atoms with Crippen LogP contribution in [0.15, 0.2) is 36.7 Å². The number of hydrogen-bond donors (Lipinski definition) is 3. The van der Waals surface area contributed by atoms with Crippen LogP contribution in [-0.4, -0.2) is 35.5 Å². The van der Waals surface area contributed by atoms with Crippen molar-refractivity contribution in [1.29, 1.82) is 0 Å². The first-order valence-electron chi connectivity index (χ1n) is 7.66. The zero-order chi connectivity index (χ0) is 15.9. The number of carbonyl (C=O) groups is 1. The van der Waals surface area contributed by atoms with Crippen LogP contribution < -0.4 is 15.4 Å². The lowest BCUT2D eigenvalue weighted by Gasteiger charge is -2.12. The SMILES string of the molecule is O=C(NCc1ccc(OC[C@H]2CCCO2)cc1)Nc1cn[nH]c1. The zero-order valence-corrected chi connectivity index (χ0v) is 12.7. The smallest absolute Gasteiger partial charge is 0.319 e. The summed E-state index contributed by atoms with van der Waals surface area (Å²) in [5, 5.41) is 11.8. The van der Waals surface area contributed by atoms with Gasteiger partial charge in [-0.3, -0.25) is 5.10 Å². The minimum atomic E-state index is -0.273. The Morgan fingerprint density at radius 3 is 2.96 bits per heavy atom. The van der Waals surface area contributed by atoms with Crippen LogP contribution in [0.4, 0.5) is 10.5 Å². The first-order valence-corrected chi connectivity index (χ1v) is 7.66. The zero-order valence-electron chi connectivity index (χ0n) is 12.7. The highest BCUT2D eigenvalue weighted by molar-refractivity contribution is 5.88. The maximum atomic E-state index is 11.7. The number of aromatic amines is 1. The molecule has 122 valence electrons. The fourth-order valence-corrected chi connectivity index (χ4v) is 2.35. The van der Waals surface area contributed by atoms with Crippen molar-refractivity contribution < 1.29 is 14.3 Å². The number of hydrogen-bond acceptors (Lipinski definition) is 4. The molecule has 2 heterocycles. The van der Waals surface area contributed by atoms with Gasteiger partial charge in [-0.25, -0.2) is 4.79 Å². The molecule has 3 N–H and O–H groups in total. The van der Waals surface area contributed by atoms with Crippen LogP contribution in [-0.2, 0) is 11.3 Å². The molecule has 0 aliphatic carbocycles. The molecular weight excluding hydrogens is 296 g/mol. The van der Waals surface area contributed by atoms with Gasteiger partial charge in [0.2, 0.25) is 0 Å². The van der Waals surface area contributed by atoms with Crippen LogP contribution in [0, 0.1) is 0 Å². The number of nitrogens with one attached hydrogen (secondary N) is 3. The van der Waals surface area contributed by atoms with E-state index in [-0.39, 0.29) is 12.1 Å². The van der Waals surface area contributed by atoms with Gasteiger partial charge in [-0.15, -0.1) is 0 Å². The number of amides is 2. The summed E-state index contributed by atoms with van der Waals surface area (Å²) in [5.74, 6) is 0.812. The summed E-state index contributed by atoms with van der Waals surface area (Å²) in [4.78, 5) is 11.7. The number of nitrogens with zero attached hydrogens (tertiary/aromatic N) is 1. The first-order chi connectivity index (χ1) is 11.3. The van der Waals surface area contributed by atoms with Crippen molar-refractivity contribution in [3.63, 3.8) is 0 Å². The van der Waals surface area contributed by atoms with Gasteiger partial charge in [0, 0.05) is 19.3 Å². The van der Waals surface area contributed by atoms with Crippen LogP contribution in [0.5, 0.6) is 5.75 Å². The molecule has 1 atom stereocenters. The standard InChI is InChI=1S/C16H20N4O3/c21-16(20-13-9-18-19-10-13)17-8-12-3-5-14(6-4-12)23-11-15-2-1-7-22-15/h3-6,9-10,15H,1-2,7-8,11H2,(H,18,19)(H2,17,20,21)/t15-/m1/s1. The number of ether oxygens (including phenoxy) is 2. The third-order valence-electron chi connectivity index (χ3n) is 3.59. The molecule has 1 aromatic heterocycles. The summed E-state index contributed by atoms with van der Waals surface area (Å²) in [7, 11) is 0. The summed E-state index contributed by atoms with van der Waals surface area (Å²) in [5.41, 5.74) is 1.62. The Hall–Kier alpha value is -2.54. The largest absolute Gasteiger partial charge is 0.491 e. The molecule has 2 amide bonds. The Bertz CT molecular complexity index is 607. The lowest BCUT2D eigenvalue weighted by Crippen LogP contribution is -2.27. The Balaban J connectivity index is 1.41. The third kappa shape index (κ3) is 4.72. The van der Waals surface area contributed by atoms with Gasteiger partial charge in [0.15, 0.2) is 0 Å². The van der Waals surface area contributed by atoms with Gasteiger partial charge in [-0.05, 0) is 30.5 Å². The second-order valence-electron chi connectivity index (χ2n) is 5.38. The molecule has 0 spiro atoms. The van der Waals surface area contributed by atoms with E-state index in [9.17, 15) is 4.79 Å². The summed E-state index contributed by atoms with van der Waals surface area (Å²) < 4.78 is 11.2. The van der Waals surface area contributed by atoms with Crippen molar-refractivity contribution in [1.82, 2.24) is 15.5 Å². The van der Waals surface area contributed by atoms with Gasteiger partial charge >= 0.3 is 6.03 Å². The molecule has 23 heavy (non-hydrogen) atoms. The molecule has 0 radical (unpaired) electrons. The molecular formula is C16H20N4O3. The van der Waals surface area contributed by atoms with E-state index in [1.807, 2.05) is 24.3 Å². The third-order valence-corrected chi connectivity index (χ3v) is 3.59. The van der Waals surface area contributed by atoms with Crippen molar-refractivity contribution in [2.24, 2.45) is 0 Å². The van der Waals surface area contributed by atoms with Crippen molar-refractivity contribution in [2.45, 2.75) is 25.5 Å². The van der Waals surface area contributed by atoms with Crippen molar-refractivity contribution >= 4 is 11.7 Å². The first kappa shape index (κ1) is 15.4. The van der Waals surface area contributed by atoms with Gasteiger partial charge in [-0.2, -0.15) is 5.10 Å². The molecule has 0 unspecified atom stereocenters. The Morgan fingerprint density at radius 2 is 2.26 bits per heavy atom.